The zero-order valence-electron chi connectivity index (χ0n) is 22.9. The molecule has 0 radical (unpaired) electrons. The lowest BCUT2D eigenvalue weighted by atomic mass is 10.1. The largest absolute Gasteiger partial charge is 0.384 e. The first-order chi connectivity index (χ1) is 18.6. The van der Waals surface area contributed by atoms with Crippen LogP contribution in [0.4, 0.5) is 11.6 Å². The average molecular weight is 627 g/mol. The predicted molar refractivity (Wildman–Crippen MR) is 159 cm³/mol. The van der Waals surface area contributed by atoms with Gasteiger partial charge in [0.15, 0.2) is 19.7 Å². The fourth-order valence-corrected chi connectivity index (χ4v) is 8.20. The average Bonchev–Trinajstić information content (AvgIpc) is 3.40. The molecule has 0 bridgehead atoms. The summed E-state index contributed by atoms with van der Waals surface area (Å²) < 4.78 is 58.0. The van der Waals surface area contributed by atoms with Crippen molar-refractivity contribution in [1.82, 2.24) is 10.1 Å². The Morgan fingerprint density at radius 3 is 2.35 bits per heavy atom. The van der Waals surface area contributed by atoms with Crippen molar-refractivity contribution < 1.29 is 26.2 Å². The Morgan fingerprint density at radius 1 is 1.05 bits per heavy atom. The molecule has 0 spiro atoms. The van der Waals surface area contributed by atoms with Crippen molar-refractivity contribution in [3.8, 4) is 0 Å². The molecule has 14 heteroatoms. The molecule has 40 heavy (non-hydrogen) atoms. The summed E-state index contributed by atoms with van der Waals surface area (Å²) in [6.45, 7) is 6.72. The fourth-order valence-electron chi connectivity index (χ4n) is 3.79. The number of benzene rings is 1. The smallest absolute Gasteiger partial charge is 0.267 e. The number of amides is 1. The van der Waals surface area contributed by atoms with E-state index < -0.39 is 31.3 Å². The van der Waals surface area contributed by atoms with Crippen LogP contribution in [0.3, 0.4) is 0 Å². The molecule has 1 amide bonds. The van der Waals surface area contributed by atoms with Gasteiger partial charge < -0.3 is 20.1 Å². The van der Waals surface area contributed by atoms with Crippen molar-refractivity contribution in [2.45, 2.75) is 37.5 Å². The Balaban J connectivity index is 1.89. The molecule has 2 N–H and O–H groups in total. The first-order valence-electron chi connectivity index (χ1n) is 12.0. The van der Waals surface area contributed by atoms with E-state index in [1.807, 2.05) is 0 Å². The molecule has 0 saturated heterocycles. The highest BCUT2D eigenvalue weighted by Crippen LogP contribution is 2.32. The number of thiophene rings is 1. The van der Waals surface area contributed by atoms with E-state index in [-0.39, 0.29) is 37.0 Å². The third kappa shape index (κ3) is 7.33. The molecule has 10 nitrogen and oxygen atoms in total. The molecule has 2 aromatic heterocycles. The highest BCUT2D eigenvalue weighted by atomic mass is 35.5. The lowest BCUT2D eigenvalue weighted by Gasteiger charge is -2.16. The number of hydrogen-bond acceptors (Lipinski definition) is 10. The quantitative estimate of drug-likeness (QED) is 0.297. The molecule has 0 atom stereocenters. The van der Waals surface area contributed by atoms with Gasteiger partial charge in [-0.15, -0.1) is 11.3 Å². The van der Waals surface area contributed by atoms with E-state index in [1.165, 1.54) is 24.4 Å². The molecule has 0 fully saturated rings. The van der Waals surface area contributed by atoms with Gasteiger partial charge in [-0.05, 0) is 62.0 Å². The molecule has 0 saturated carbocycles. The van der Waals surface area contributed by atoms with Gasteiger partial charge in [0.25, 0.3) is 5.91 Å². The Bertz CT molecular complexity index is 1690. The van der Waals surface area contributed by atoms with E-state index in [4.69, 9.17) is 16.1 Å². The molecule has 0 unspecified atom stereocenters. The van der Waals surface area contributed by atoms with Crippen LogP contribution in [-0.4, -0.2) is 58.4 Å². The van der Waals surface area contributed by atoms with Crippen molar-refractivity contribution in [3.05, 3.63) is 74.3 Å². The maximum Gasteiger partial charge on any atom is 0.267 e. The highest BCUT2D eigenvalue weighted by molar-refractivity contribution is 7.92. The van der Waals surface area contributed by atoms with Crippen LogP contribution < -0.4 is 10.6 Å². The standard InChI is InChI=1S/C26H31ClN4O6S3/c1-16-13-17(2)22(20(14-16)39(33,34)12-8-10-31(5)6)29-25(32)23-24(18(3)15-38-23)40(35,36)11-7-9-28-26-21(27)19(4)30-37-26/h7-10,13-15,28H,11-12H2,1-6H3,(H,29,32). The van der Waals surface area contributed by atoms with E-state index in [1.54, 1.807) is 64.3 Å². The third-order valence-corrected chi connectivity index (χ3v) is 10.7. The number of carbonyl (C=O) groups excluding carboxylic acids is 1. The van der Waals surface area contributed by atoms with Crippen LogP contribution in [0.15, 0.2) is 56.4 Å². The van der Waals surface area contributed by atoms with Gasteiger partial charge in [-0.3, -0.25) is 4.79 Å². The van der Waals surface area contributed by atoms with Crippen LogP contribution in [0, 0.1) is 27.7 Å². The lowest BCUT2D eigenvalue weighted by Crippen LogP contribution is -2.19. The summed E-state index contributed by atoms with van der Waals surface area (Å²) in [5.74, 6) is -1.22. The molecule has 0 aliphatic carbocycles. The van der Waals surface area contributed by atoms with Crippen LogP contribution in [0.1, 0.15) is 32.1 Å². The lowest BCUT2D eigenvalue weighted by molar-refractivity contribution is 0.102. The Hall–Kier alpha value is -3.13. The van der Waals surface area contributed by atoms with Crippen molar-refractivity contribution in [2.75, 3.05) is 36.2 Å². The van der Waals surface area contributed by atoms with Gasteiger partial charge in [0, 0.05) is 20.3 Å². The van der Waals surface area contributed by atoms with E-state index in [2.05, 4.69) is 15.8 Å². The summed E-state index contributed by atoms with van der Waals surface area (Å²) in [5, 5.41) is 11.0. The maximum absolute atomic E-state index is 13.4. The van der Waals surface area contributed by atoms with Crippen LogP contribution in [0.5, 0.6) is 0 Å². The second-order valence-electron chi connectivity index (χ2n) is 9.36. The van der Waals surface area contributed by atoms with E-state index in [0.29, 0.717) is 22.4 Å². The summed E-state index contributed by atoms with van der Waals surface area (Å²) in [7, 11) is -4.20. The minimum atomic E-state index is -3.94. The number of anilines is 2. The molecule has 1 aromatic carbocycles. The number of aromatic nitrogens is 1. The van der Waals surface area contributed by atoms with Gasteiger partial charge >= 0.3 is 0 Å². The Labute approximate surface area is 243 Å². The van der Waals surface area contributed by atoms with E-state index in [9.17, 15) is 21.6 Å². The zero-order valence-corrected chi connectivity index (χ0v) is 26.1. The molecular formula is C26H31ClN4O6S3. The first kappa shape index (κ1) is 31.4. The summed E-state index contributed by atoms with van der Waals surface area (Å²) in [6.07, 6.45) is 5.88. The van der Waals surface area contributed by atoms with Gasteiger partial charge in [-0.2, -0.15) is 0 Å². The third-order valence-electron chi connectivity index (χ3n) is 5.61. The first-order valence-corrected chi connectivity index (χ1v) is 16.5. The zero-order chi connectivity index (χ0) is 29.8. The Morgan fingerprint density at radius 2 is 1.73 bits per heavy atom. The number of nitrogens with one attached hydrogen (secondary N) is 2. The summed E-state index contributed by atoms with van der Waals surface area (Å²) in [5.41, 5.74) is 2.26. The number of sulfone groups is 2. The monoisotopic (exact) mass is 626 g/mol. The number of hydrogen-bond donors (Lipinski definition) is 2. The number of halogens is 1. The van der Waals surface area contributed by atoms with Crippen LogP contribution in [0.2, 0.25) is 5.02 Å². The summed E-state index contributed by atoms with van der Waals surface area (Å²) in [4.78, 5) is 15.0. The predicted octanol–water partition coefficient (Wildman–Crippen LogP) is 5.12. The van der Waals surface area contributed by atoms with Crippen molar-refractivity contribution >= 4 is 60.1 Å². The topological polar surface area (TPSA) is 139 Å². The minimum absolute atomic E-state index is 0.0326. The van der Waals surface area contributed by atoms with Gasteiger partial charge in [0.2, 0.25) is 5.88 Å². The SMILES string of the molecule is Cc1cc(C)c(NC(=O)c2scc(C)c2S(=O)(=O)CC=CNc2onc(C)c2Cl)c(S(=O)(=O)CC=CN(C)C)c1. The van der Waals surface area contributed by atoms with Crippen LogP contribution in [0.25, 0.3) is 0 Å². The van der Waals surface area contributed by atoms with E-state index in [0.717, 1.165) is 11.3 Å². The number of nitrogens with zero attached hydrogens (tertiary/aromatic N) is 2. The molecule has 216 valence electrons. The molecule has 2 heterocycles. The number of carbonyl (C=O) groups is 1. The van der Waals surface area contributed by atoms with Crippen molar-refractivity contribution in [2.24, 2.45) is 0 Å². The van der Waals surface area contributed by atoms with Crippen molar-refractivity contribution in [3.63, 3.8) is 0 Å². The summed E-state index contributed by atoms with van der Waals surface area (Å²) >= 11 is 7.01. The molecule has 0 aliphatic heterocycles. The maximum atomic E-state index is 13.4. The van der Waals surface area contributed by atoms with Crippen LogP contribution in [-0.2, 0) is 19.7 Å². The second kappa shape index (κ2) is 12.6. The van der Waals surface area contributed by atoms with Gasteiger partial charge in [0.1, 0.15) is 15.6 Å². The second-order valence-corrected chi connectivity index (χ2v) is 14.6. The molecule has 3 rings (SSSR count). The minimum Gasteiger partial charge on any atom is -0.384 e. The summed E-state index contributed by atoms with van der Waals surface area (Å²) in [6, 6.07) is 3.25. The van der Waals surface area contributed by atoms with E-state index >= 15 is 0 Å². The van der Waals surface area contributed by atoms with Gasteiger partial charge in [0.05, 0.1) is 27.0 Å². The number of rotatable bonds is 11. The van der Waals surface area contributed by atoms with Gasteiger partial charge in [-0.1, -0.05) is 35.0 Å². The highest BCUT2D eigenvalue weighted by Gasteiger charge is 2.28. The van der Waals surface area contributed by atoms with Crippen LogP contribution >= 0.6 is 22.9 Å². The Kier molecular flexibility index (Phi) is 9.88. The molecular weight excluding hydrogens is 596 g/mol. The molecule has 3 aromatic rings. The molecule has 0 aliphatic rings. The fraction of sp³-hybridized carbons (Fsp3) is 0.308. The normalized spacial score (nSPS) is 12.4. The van der Waals surface area contributed by atoms with Crippen molar-refractivity contribution in [1.29, 1.82) is 0 Å². The number of aryl methyl sites for hydroxylation is 4. The van der Waals surface area contributed by atoms with Gasteiger partial charge in [-0.25, -0.2) is 16.8 Å².